The molecule has 11 heteroatoms. The van der Waals surface area contributed by atoms with Gasteiger partial charge in [-0.1, -0.05) is 31.1 Å². The van der Waals surface area contributed by atoms with Crippen LogP contribution in [0.25, 0.3) is 5.57 Å². The topological polar surface area (TPSA) is 124 Å². The summed E-state index contributed by atoms with van der Waals surface area (Å²) < 4.78 is 1.78. The Balaban J connectivity index is 1.22. The Kier molecular flexibility index (Phi) is 8.25. The van der Waals surface area contributed by atoms with Crippen LogP contribution < -0.4 is 16.0 Å². The van der Waals surface area contributed by atoms with Crippen molar-refractivity contribution in [2.45, 2.75) is 76.4 Å². The van der Waals surface area contributed by atoms with E-state index in [4.69, 9.17) is 0 Å². The molecular formula is C31H40N8O3. The van der Waals surface area contributed by atoms with Crippen LogP contribution in [0.3, 0.4) is 0 Å². The molecule has 2 aromatic heterocycles. The largest absolute Gasteiger partial charge is 0.371 e. The zero-order valence-electron chi connectivity index (χ0n) is 24.2. The molecule has 3 aliphatic heterocycles. The van der Waals surface area contributed by atoms with Crippen LogP contribution in [0.5, 0.6) is 0 Å². The molecule has 2 fully saturated rings. The second kappa shape index (κ2) is 12.4. The number of amides is 4. The van der Waals surface area contributed by atoms with Gasteiger partial charge < -0.3 is 25.8 Å². The summed E-state index contributed by atoms with van der Waals surface area (Å²) in [4.78, 5) is 48.0. The first kappa shape index (κ1) is 28.0. The third kappa shape index (κ3) is 6.50. The first-order valence-electron chi connectivity index (χ1n) is 15.3. The van der Waals surface area contributed by atoms with Gasteiger partial charge in [0.05, 0.1) is 17.4 Å². The van der Waals surface area contributed by atoms with Gasteiger partial charge in [0, 0.05) is 56.2 Å². The predicted octanol–water partition coefficient (Wildman–Crippen LogP) is 3.94. The number of hydrogen-bond donors (Lipinski definition) is 3. The maximum absolute atomic E-state index is 13.4. The molecule has 1 saturated carbocycles. The Morgan fingerprint density at radius 1 is 0.976 bits per heavy atom. The highest BCUT2D eigenvalue weighted by Gasteiger charge is 2.30. The lowest BCUT2D eigenvalue weighted by Crippen LogP contribution is -2.45. The number of fused-ring (bicyclic) bond motifs is 5. The van der Waals surface area contributed by atoms with Gasteiger partial charge >= 0.3 is 6.03 Å². The molecule has 11 nitrogen and oxygen atoms in total. The lowest BCUT2D eigenvalue weighted by Gasteiger charge is -2.32. The minimum atomic E-state index is -0.399. The summed E-state index contributed by atoms with van der Waals surface area (Å²) in [6, 6.07) is 6.06. The van der Waals surface area contributed by atoms with Crippen LogP contribution in [-0.4, -0.2) is 80.7 Å². The Bertz CT molecular complexity index is 1390. The van der Waals surface area contributed by atoms with E-state index in [9.17, 15) is 14.4 Å². The number of pyridine rings is 1. The molecule has 1 atom stereocenters. The van der Waals surface area contributed by atoms with E-state index in [0.29, 0.717) is 37.4 Å². The number of carbonyl (C=O) groups excluding carboxylic acids is 3. The minimum absolute atomic E-state index is 0.00349. The fourth-order valence-corrected chi connectivity index (χ4v) is 5.74. The third-order valence-electron chi connectivity index (χ3n) is 8.51. The summed E-state index contributed by atoms with van der Waals surface area (Å²) >= 11 is 0. The molecule has 4 aliphatic rings. The van der Waals surface area contributed by atoms with Crippen molar-refractivity contribution in [1.82, 2.24) is 35.2 Å². The van der Waals surface area contributed by atoms with Crippen LogP contribution in [-0.2, 0) is 0 Å². The van der Waals surface area contributed by atoms with Crippen LogP contribution in [0.1, 0.15) is 91.0 Å². The van der Waals surface area contributed by atoms with Crippen molar-refractivity contribution in [1.29, 1.82) is 0 Å². The summed E-state index contributed by atoms with van der Waals surface area (Å²) in [5.41, 5.74) is 2.51. The summed E-state index contributed by atoms with van der Waals surface area (Å²) in [6.07, 6.45) is 15.7. The maximum atomic E-state index is 13.4. The number of piperidine rings is 1. The van der Waals surface area contributed by atoms with Crippen LogP contribution in [0.2, 0.25) is 0 Å². The van der Waals surface area contributed by atoms with Crippen LogP contribution in [0.15, 0.2) is 42.7 Å². The minimum Gasteiger partial charge on any atom is -0.371 e. The predicted molar refractivity (Wildman–Crippen MR) is 160 cm³/mol. The number of aromatic nitrogens is 3. The summed E-state index contributed by atoms with van der Waals surface area (Å²) in [5.74, 6) is -0.707. The van der Waals surface area contributed by atoms with E-state index in [-0.39, 0.29) is 29.4 Å². The number of likely N-dealkylation sites (tertiary alicyclic amines) is 1. The summed E-state index contributed by atoms with van der Waals surface area (Å²) in [7, 11) is 0. The van der Waals surface area contributed by atoms with E-state index < -0.39 is 5.91 Å². The second-order valence-corrected chi connectivity index (χ2v) is 11.8. The van der Waals surface area contributed by atoms with E-state index in [1.54, 1.807) is 16.9 Å². The highest BCUT2D eigenvalue weighted by molar-refractivity contribution is 6.07. The third-order valence-corrected chi connectivity index (χ3v) is 8.51. The highest BCUT2D eigenvalue weighted by atomic mass is 16.2. The molecule has 5 heterocycles. The second-order valence-electron chi connectivity index (χ2n) is 11.8. The molecule has 222 valence electrons. The zero-order chi connectivity index (χ0) is 29.1. The van der Waals surface area contributed by atoms with Gasteiger partial charge in [-0.25, -0.2) is 9.78 Å². The number of hydrogen-bond acceptors (Lipinski definition) is 6. The van der Waals surface area contributed by atoms with Gasteiger partial charge in [0.15, 0.2) is 5.69 Å². The van der Waals surface area contributed by atoms with E-state index in [1.807, 2.05) is 17.0 Å². The highest BCUT2D eigenvalue weighted by Crippen LogP contribution is 2.27. The van der Waals surface area contributed by atoms with Gasteiger partial charge in [-0.2, -0.15) is 5.10 Å². The number of anilines is 1. The lowest BCUT2D eigenvalue weighted by atomic mass is 10.1. The van der Waals surface area contributed by atoms with Crippen molar-refractivity contribution in [2.24, 2.45) is 0 Å². The van der Waals surface area contributed by atoms with Crippen molar-refractivity contribution < 1.29 is 14.4 Å². The van der Waals surface area contributed by atoms with Gasteiger partial charge in [-0.3, -0.25) is 14.3 Å². The normalized spacial score (nSPS) is 22.3. The Morgan fingerprint density at radius 3 is 2.57 bits per heavy atom. The van der Waals surface area contributed by atoms with Gasteiger partial charge in [-0.15, -0.1) is 0 Å². The molecule has 6 rings (SSSR count). The van der Waals surface area contributed by atoms with Crippen LogP contribution in [0, 0.1) is 0 Å². The standard InChI is InChI=1S/C31H40N8O3/c1-21-9-10-22-19-38(21)16-5-3-2-4-15-32-30(41)28-27(35-29(40)26-8-6-7-25(22)34-26)20-39(36-28)24-13-17-37(18-14-24)31(42)33-23-11-12-23/h6-10,19-21,23-24H,2-5,11-18H2,1H3,(H,32,41)(H,33,42)(H,35,40)/t21-/m0/s1. The quantitative estimate of drug-likeness (QED) is 0.501. The summed E-state index contributed by atoms with van der Waals surface area (Å²) in [5, 5.41) is 13.6. The number of nitrogens with one attached hydrogen (secondary N) is 3. The Labute approximate surface area is 246 Å². The molecule has 2 aromatic rings. The molecular weight excluding hydrogens is 532 g/mol. The van der Waals surface area contributed by atoms with E-state index in [2.05, 4.69) is 56.2 Å². The molecule has 0 aromatic carbocycles. The van der Waals surface area contributed by atoms with Crippen molar-refractivity contribution in [3.63, 3.8) is 0 Å². The van der Waals surface area contributed by atoms with Crippen LogP contribution >= 0.6 is 0 Å². The fourth-order valence-electron chi connectivity index (χ4n) is 5.74. The molecule has 0 unspecified atom stereocenters. The molecule has 4 amide bonds. The van der Waals surface area contributed by atoms with Gasteiger partial charge in [0.1, 0.15) is 5.69 Å². The monoisotopic (exact) mass is 572 g/mol. The van der Waals surface area contributed by atoms with Crippen molar-refractivity contribution in [2.75, 3.05) is 31.5 Å². The first-order chi connectivity index (χ1) is 20.4. The molecule has 0 spiro atoms. The number of allylic oxidation sites excluding steroid dienone is 2. The number of carbonyl (C=O) groups is 3. The molecule has 1 saturated heterocycles. The van der Waals surface area contributed by atoms with Gasteiger partial charge in [0.25, 0.3) is 11.8 Å². The first-order valence-corrected chi connectivity index (χ1v) is 15.3. The number of urea groups is 1. The smallest absolute Gasteiger partial charge is 0.317 e. The van der Waals surface area contributed by atoms with Crippen molar-refractivity contribution in [3.05, 3.63) is 59.8 Å². The zero-order valence-corrected chi connectivity index (χ0v) is 24.2. The van der Waals surface area contributed by atoms with Crippen LogP contribution in [0.4, 0.5) is 10.5 Å². The average Bonchev–Trinajstić information content (AvgIpc) is 3.72. The Morgan fingerprint density at radius 2 is 1.76 bits per heavy atom. The number of rotatable bonds is 2. The molecule has 42 heavy (non-hydrogen) atoms. The van der Waals surface area contributed by atoms with E-state index in [0.717, 1.165) is 69.2 Å². The van der Waals surface area contributed by atoms with Crippen molar-refractivity contribution >= 4 is 29.1 Å². The van der Waals surface area contributed by atoms with Gasteiger partial charge in [-0.05, 0) is 57.6 Å². The molecule has 3 N–H and O–H groups in total. The molecule has 1 aliphatic carbocycles. The maximum Gasteiger partial charge on any atom is 0.317 e. The molecule has 0 radical (unpaired) electrons. The number of nitrogens with zero attached hydrogens (tertiary/aromatic N) is 5. The molecule has 4 bridgehead atoms. The fraction of sp³-hybridized carbons (Fsp3) is 0.516. The Hall–Kier alpha value is -4.15. The average molecular weight is 573 g/mol. The van der Waals surface area contributed by atoms with E-state index in [1.165, 1.54) is 0 Å². The summed E-state index contributed by atoms with van der Waals surface area (Å²) in [6.45, 7) is 4.89. The lowest BCUT2D eigenvalue weighted by molar-refractivity contribution is 0.0947. The SMILES string of the molecule is C[C@H]1C=CC2=CN1CCCCCCNC(=O)c1nn(C3CCN(C(=O)NC4CC4)CC3)cc1NC(=O)c1cccc2n1. The van der Waals surface area contributed by atoms with E-state index >= 15 is 0 Å². The van der Waals surface area contributed by atoms with Gasteiger partial charge in [0.2, 0.25) is 0 Å². The van der Waals surface area contributed by atoms with Crippen molar-refractivity contribution in [3.8, 4) is 0 Å².